The van der Waals surface area contributed by atoms with Crippen molar-refractivity contribution in [3.63, 3.8) is 0 Å². The Labute approximate surface area is 149 Å². The van der Waals surface area contributed by atoms with Crippen LogP contribution in [-0.4, -0.2) is 34.3 Å². The van der Waals surface area contributed by atoms with E-state index in [0.717, 1.165) is 36.3 Å². The molecule has 0 saturated carbocycles. The Hall–Kier alpha value is -1.43. The lowest BCUT2D eigenvalue weighted by atomic mass is 9.97. The maximum absolute atomic E-state index is 12.8. The summed E-state index contributed by atoms with van der Waals surface area (Å²) < 4.78 is 0. The minimum Gasteiger partial charge on any atom is -0.331 e. The van der Waals surface area contributed by atoms with Crippen LogP contribution >= 0.6 is 11.3 Å². The molecule has 0 bridgehead atoms. The molecule has 136 valence electrons. The molecule has 24 heavy (non-hydrogen) atoms. The molecular weight excluding hydrogens is 322 g/mol. The highest BCUT2D eigenvalue weighted by atomic mass is 32.1. The average Bonchev–Trinajstić information content (AvgIpc) is 2.82. The van der Waals surface area contributed by atoms with Gasteiger partial charge in [0.2, 0.25) is 11.8 Å². The Morgan fingerprint density at radius 3 is 2.38 bits per heavy atom. The van der Waals surface area contributed by atoms with Crippen molar-refractivity contribution in [2.45, 2.75) is 73.3 Å². The van der Waals surface area contributed by atoms with E-state index >= 15 is 0 Å². The van der Waals surface area contributed by atoms with Crippen molar-refractivity contribution in [3.8, 4) is 0 Å². The first-order chi connectivity index (χ1) is 11.3. The third-order valence-electron chi connectivity index (χ3n) is 4.24. The second-order valence-electron chi connectivity index (χ2n) is 6.52. The number of nitrogens with one attached hydrogen (secondary N) is 1. The van der Waals surface area contributed by atoms with Gasteiger partial charge in [0.25, 0.3) is 0 Å². The number of hydrogen-bond acceptors (Lipinski definition) is 4. The number of hydrogen-bond donors (Lipinski definition) is 1. The van der Waals surface area contributed by atoms with Crippen LogP contribution in [0.25, 0.3) is 0 Å². The van der Waals surface area contributed by atoms with Crippen LogP contribution in [0.4, 0.5) is 5.13 Å². The van der Waals surface area contributed by atoms with E-state index in [9.17, 15) is 9.59 Å². The van der Waals surface area contributed by atoms with Gasteiger partial charge in [-0.1, -0.05) is 26.7 Å². The number of carbonyl (C=O) groups excluding carboxylic acids is 2. The molecule has 1 aromatic rings. The first-order valence-corrected chi connectivity index (χ1v) is 9.66. The van der Waals surface area contributed by atoms with E-state index in [4.69, 9.17) is 0 Å². The summed E-state index contributed by atoms with van der Waals surface area (Å²) in [7, 11) is 0. The topological polar surface area (TPSA) is 62.3 Å². The van der Waals surface area contributed by atoms with Gasteiger partial charge in [0, 0.05) is 16.8 Å². The summed E-state index contributed by atoms with van der Waals surface area (Å²) in [5.41, 5.74) is 0.928. The van der Waals surface area contributed by atoms with Crippen molar-refractivity contribution in [1.29, 1.82) is 0 Å². The van der Waals surface area contributed by atoms with E-state index in [1.807, 2.05) is 34.6 Å². The molecule has 1 heterocycles. The van der Waals surface area contributed by atoms with Crippen LogP contribution in [0.3, 0.4) is 0 Å². The van der Waals surface area contributed by atoms with E-state index in [1.165, 1.54) is 11.3 Å². The summed E-state index contributed by atoms with van der Waals surface area (Å²) >= 11 is 1.46. The van der Waals surface area contributed by atoms with Crippen LogP contribution in [0.15, 0.2) is 0 Å². The van der Waals surface area contributed by atoms with Crippen LogP contribution in [0, 0.1) is 19.8 Å². The van der Waals surface area contributed by atoms with Crippen molar-refractivity contribution < 1.29 is 9.59 Å². The molecule has 1 atom stereocenters. The zero-order valence-corrected chi connectivity index (χ0v) is 16.6. The highest BCUT2D eigenvalue weighted by molar-refractivity contribution is 7.15. The van der Waals surface area contributed by atoms with E-state index in [0.29, 0.717) is 5.13 Å². The lowest BCUT2D eigenvalue weighted by Crippen LogP contribution is -2.45. The molecule has 0 aliphatic heterocycles. The fourth-order valence-corrected chi connectivity index (χ4v) is 3.37. The van der Waals surface area contributed by atoms with Gasteiger partial charge in [-0.15, -0.1) is 11.3 Å². The number of amides is 2. The molecule has 0 aliphatic rings. The summed E-state index contributed by atoms with van der Waals surface area (Å²) in [6, 6.07) is -0.00121. The smallest absolute Gasteiger partial charge is 0.245 e. The van der Waals surface area contributed by atoms with Crippen LogP contribution in [0.5, 0.6) is 0 Å². The largest absolute Gasteiger partial charge is 0.331 e. The minimum atomic E-state index is -0.184. The number of nitrogens with zero attached hydrogens (tertiary/aromatic N) is 2. The predicted octanol–water partition coefficient (Wildman–Crippen LogP) is 4.15. The van der Waals surface area contributed by atoms with Crippen LogP contribution in [-0.2, 0) is 9.59 Å². The quantitative estimate of drug-likeness (QED) is 0.725. The SMILES string of the molecule is CCCCC(CC)C(=O)N(CC(=O)Nc1nc(C)c(C)s1)C(C)C. The summed E-state index contributed by atoms with van der Waals surface area (Å²) in [4.78, 5) is 32.2. The van der Waals surface area contributed by atoms with Gasteiger partial charge in [-0.2, -0.15) is 0 Å². The molecule has 0 radical (unpaired) electrons. The van der Waals surface area contributed by atoms with Gasteiger partial charge in [0.1, 0.15) is 6.54 Å². The highest BCUT2D eigenvalue weighted by Gasteiger charge is 2.26. The lowest BCUT2D eigenvalue weighted by Gasteiger charge is -2.29. The first-order valence-electron chi connectivity index (χ1n) is 8.84. The summed E-state index contributed by atoms with van der Waals surface area (Å²) in [5, 5.41) is 3.42. The Bertz CT molecular complexity index is 535. The van der Waals surface area contributed by atoms with E-state index in [1.54, 1.807) is 4.90 Å². The minimum absolute atomic E-state index is 0.00121. The second-order valence-corrected chi connectivity index (χ2v) is 7.72. The number of carbonyl (C=O) groups is 2. The van der Waals surface area contributed by atoms with Crippen molar-refractivity contribution in [2.24, 2.45) is 5.92 Å². The molecule has 1 N–H and O–H groups in total. The zero-order valence-electron chi connectivity index (χ0n) is 15.8. The molecule has 1 unspecified atom stereocenters. The number of aryl methyl sites for hydroxylation is 2. The van der Waals surface area contributed by atoms with Crippen LogP contribution < -0.4 is 5.32 Å². The van der Waals surface area contributed by atoms with Gasteiger partial charge in [-0.05, 0) is 40.5 Å². The van der Waals surface area contributed by atoms with Crippen molar-refractivity contribution >= 4 is 28.3 Å². The Balaban J connectivity index is 2.73. The summed E-state index contributed by atoms with van der Waals surface area (Å²) in [6.07, 6.45) is 3.82. The van der Waals surface area contributed by atoms with E-state index in [-0.39, 0.29) is 30.3 Å². The monoisotopic (exact) mass is 353 g/mol. The Morgan fingerprint density at radius 2 is 1.92 bits per heavy atom. The molecule has 6 heteroatoms. The fraction of sp³-hybridized carbons (Fsp3) is 0.722. The molecule has 0 aromatic carbocycles. The molecule has 0 aliphatic carbocycles. The van der Waals surface area contributed by atoms with Gasteiger partial charge < -0.3 is 10.2 Å². The molecule has 0 fully saturated rings. The van der Waals surface area contributed by atoms with Crippen molar-refractivity contribution in [3.05, 3.63) is 10.6 Å². The van der Waals surface area contributed by atoms with E-state index in [2.05, 4.69) is 17.2 Å². The predicted molar refractivity (Wildman–Crippen MR) is 100 cm³/mol. The number of thiazole rings is 1. The lowest BCUT2D eigenvalue weighted by molar-refractivity contribution is -0.140. The molecule has 5 nitrogen and oxygen atoms in total. The maximum Gasteiger partial charge on any atom is 0.245 e. The maximum atomic E-state index is 12.8. The number of rotatable bonds is 9. The first kappa shape index (κ1) is 20.6. The number of aromatic nitrogens is 1. The zero-order chi connectivity index (χ0) is 18.3. The highest BCUT2D eigenvalue weighted by Crippen LogP contribution is 2.21. The second kappa shape index (κ2) is 9.77. The van der Waals surface area contributed by atoms with Crippen LogP contribution in [0.2, 0.25) is 0 Å². The normalized spacial score (nSPS) is 12.3. The molecular formula is C18H31N3O2S. The van der Waals surface area contributed by atoms with Gasteiger partial charge in [-0.3, -0.25) is 9.59 Å². The van der Waals surface area contributed by atoms with Crippen molar-refractivity contribution in [1.82, 2.24) is 9.88 Å². The number of anilines is 1. The summed E-state index contributed by atoms with van der Waals surface area (Å²) in [5.74, 6) is -0.0942. The molecule has 2 amide bonds. The van der Waals surface area contributed by atoms with Gasteiger partial charge in [0.15, 0.2) is 5.13 Å². The van der Waals surface area contributed by atoms with Gasteiger partial charge in [-0.25, -0.2) is 4.98 Å². The average molecular weight is 354 g/mol. The van der Waals surface area contributed by atoms with E-state index < -0.39 is 0 Å². The van der Waals surface area contributed by atoms with Gasteiger partial charge in [0.05, 0.1) is 5.69 Å². The fourth-order valence-electron chi connectivity index (χ4n) is 2.54. The Morgan fingerprint density at radius 1 is 1.25 bits per heavy atom. The Kier molecular flexibility index (Phi) is 8.39. The molecule has 1 aromatic heterocycles. The summed E-state index contributed by atoms with van der Waals surface area (Å²) in [6.45, 7) is 12.1. The number of unbranched alkanes of at least 4 members (excludes halogenated alkanes) is 1. The van der Waals surface area contributed by atoms with Crippen LogP contribution in [0.1, 0.15) is 63.9 Å². The van der Waals surface area contributed by atoms with Gasteiger partial charge >= 0.3 is 0 Å². The molecule has 0 saturated heterocycles. The standard InChI is InChI=1S/C18H31N3O2S/c1-7-9-10-15(8-2)17(23)21(12(3)4)11-16(22)20-18-19-13(5)14(6)24-18/h12,15H,7-11H2,1-6H3,(H,19,20,22). The molecule has 0 spiro atoms. The van der Waals surface area contributed by atoms with Crippen molar-refractivity contribution in [2.75, 3.05) is 11.9 Å². The third-order valence-corrected chi connectivity index (χ3v) is 5.23. The molecule has 1 rings (SSSR count). The third kappa shape index (κ3) is 5.89.